The highest BCUT2D eigenvalue weighted by Gasteiger charge is 2.25. The van der Waals surface area contributed by atoms with E-state index in [0.29, 0.717) is 26.3 Å². The maximum atomic E-state index is 12.3. The number of aliphatic imine (C=N–C) groups is 1. The Hall–Kier alpha value is -2.58. The number of hydrogen-bond donors (Lipinski definition) is 1. The quantitative estimate of drug-likeness (QED) is 0.350. The van der Waals surface area contributed by atoms with Gasteiger partial charge in [0.25, 0.3) is 11.8 Å². The van der Waals surface area contributed by atoms with Crippen LogP contribution in [-0.2, 0) is 11.4 Å². The number of carbonyl (C=O) groups is 2. The van der Waals surface area contributed by atoms with Gasteiger partial charge in [0.2, 0.25) is 0 Å². The number of amidine groups is 1. The molecule has 0 bridgehead atoms. The van der Waals surface area contributed by atoms with Gasteiger partial charge in [0.05, 0.1) is 9.38 Å². The van der Waals surface area contributed by atoms with Crippen molar-refractivity contribution in [2.45, 2.75) is 6.61 Å². The van der Waals surface area contributed by atoms with Gasteiger partial charge in [-0.15, -0.1) is 0 Å². The number of nitrogens with one attached hydrogen (secondary N) is 1. The number of amides is 2. The minimum absolute atomic E-state index is 0.249. The molecule has 1 aliphatic rings. The number of halogens is 3. The minimum Gasteiger partial charge on any atom is -0.488 e. The van der Waals surface area contributed by atoms with Crippen LogP contribution in [0.4, 0.5) is 0 Å². The van der Waals surface area contributed by atoms with Crippen LogP contribution in [0.2, 0.25) is 10.0 Å². The molecule has 0 radical (unpaired) electrons. The van der Waals surface area contributed by atoms with Gasteiger partial charge in [0.15, 0.2) is 5.17 Å². The molecule has 1 fully saturated rings. The van der Waals surface area contributed by atoms with Crippen LogP contribution in [0.3, 0.4) is 0 Å². The number of rotatable bonds is 5. The Morgan fingerprint density at radius 3 is 2.61 bits per heavy atom. The molecule has 0 aliphatic carbocycles. The average molecular weight is 562 g/mol. The summed E-state index contributed by atoms with van der Waals surface area (Å²) in [7, 11) is 0. The largest absolute Gasteiger partial charge is 0.488 e. The third-order valence-electron chi connectivity index (χ3n) is 4.53. The fourth-order valence-electron chi connectivity index (χ4n) is 2.89. The standard InChI is InChI=1S/C24H15BrCl2N2O3S/c25-18-10-14(6-9-20(18)32-13-16-7-8-17(26)12-19(16)27)11-21-23(31)29-24(33-21)28-22(30)15-4-2-1-3-5-15/h1-12H,13H2,(H,28,29,30,31)/b21-11-. The van der Waals surface area contributed by atoms with Crippen molar-refractivity contribution in [3.05, 3.63) is 103 Å². The van der Waals surface area contributed by atoms with Crippen LogP contribution in [0.25, 0.3) is 6.08 Å². The molecule has 3 aromatic rings. The van der Waals surface area contributed by atoms with E-state index in [0.717, 1.165) is 27.4 Å². The van der Waals surface area contributed by atoms with Gasteiger partial charge in [0, 0.05) is 21.2 Å². The topological polar surface area (TPSA) is 67.8 Å². The van der Waals surface area contributed by atoms with E-state index < -0.39 is 5.91 Å². The molecule has 0 aromatic heterocycles. The first-order valence-corrected chi connectivity index (χ1v) is 12.0. The summed E-state index contributed by atoms with van der Waals surface area (Å²) >= 11 is 16.7. The average Bonchev–Trinajstić information content (AvgIpc) is 3.13. The second-order valence-corrected chi connectivity index (χ2v) is 9.60. The fourth-order valence-corrected chi connectivity index (χ4v) is 4.68. The first-order valence-electron chi connectivity index (χ1n) is 9.64. The SMILES string of the molecule is O=C1NC(=NC(=O)c2ccccc2)S/C1=C\c1ccc(OCc2ccc(Cl)cc2Cl)c(Br)c1. The van der Waals surface area contributed by atoms with Crippen LogP contribution in [0.1, 0.15) is 21.5 Å². The number of thioether (sulfide) groups is 1. The van der Waals surface area contributed by atoms with Crippen molar-refractivity contribution in [2.75, 3.05) is 0 Å². The molecule has 1 heterocycles. The second-order valence-electron chi connectivity index (χ2n) is 6.87. The molecular formula is C24H15BrCl2N2O3S. The molecule has 166 valence electrons. The molecule has 9 heteroatoms. The molecule has 1 aliphatic heterocycles. The van der Waals surface area contributed by atoms with Crippen LogP contribution in [0.5, 0.6) is 5.75 Å². The predicted octanol–water partition coefficient (Wildman–Crippen LogP) is 6.74. The summed E-state index contributed by atoms with van der Waals surface area (Å²) in [5.74, 6) is -0.0967. The van der Waals surface area contributed by atoms with Gasteiger partial charge in [-0.1, -0.05) is 53.5 Å². The van der Waals surface area contributed by atoms with E-state index in [9.17, 15) is 9.59 Å². The molecule has 4 rings (SSSR count). The third-order valence-corrected chi connectivity index (χ3v) is 6.64. The van der Waals surface area contributed by atoms with E-state index in [1.54, 1.807) is 48.5 Å². The maximum absolute atomic E-state index is 12.3. The highest BCUT2D eigenvalue weighted by Crippen LogP contribution is 2.31. The molecule has 0 saturated carbocycles. The zero-order valence-corrected chi connectivity index (χ0v) is 20.8. The number of benzene rings is 3. The Morgan fingerprint density at radius 2 is 1.88 bits per heavy atom. The smallest absolute Gasteiger partial charge is 0.279 e. The second kappa shape index (κ2) is 10.6. The first-order chi connectivity index (χ1) is 15.9. The minimum atomic E-state index is -0.412. The van der Waals surface area contributed by atoms with Gasteiger partial charge in [-0.05, 0) is 75.7 Å². The molecule has 0 spiro atoms. The summed E-state index contributed by atoms with van der Waals surface area (Å²) < 4.78 is 6.58. The molecule has 1 N–H and O–H groups in total. The number of ether oxygens (including phenoxy) is 1. The summed E-state index contributed by atoms with van der Waals surface area (Å²) in [4.78, 5) is 29.0. The molecule has 0 unspecified atom stereocenters. The normalized spacial score (nSPS) is 15.7. The Bertz CT molecular complexity index is 1300. The van der Waals surface area contributed by atoms with Crippen molar-refractivity contribution >= 4 is 74.0 Å². The van der Waals surface area contributed by atoms with Crippen molar-refractivity contribution in [3.8, 4) is 5.75 Å². The van der Waals surface area contributed by atoms with Crippen LogP contribution in [-0.4, -0.2) is 17.0 Å². The van der Waals surface area contributed by atoms with Gasteiger partial charge < -0.3 is 10.1 Å². The Kier molecular flexibility index (Phi) is 7.55. The molecular weight excluding hydrogens is 547 g/mol. The van der Waals surface area contributed by atoms with Crippen LogP contribution >= 0.6 is 50.9 Å². The van der Waals surface area contributed by atoms with Gasteiger partial charge in [-0.25, -0.2) is 0 Å². The molecule has 1 saturated heterocycles. The Labute approximate surface area is 213 Å². The van der Waals surface area contributed by atoms with Gasteiger partial charge in [-0.2, -0.15) is 4.99 Å². The summed E-state index contributed by atoms with van der Waals surface area (Å²) in [5, 5.41) is 3.97. The van der Waals surface area contributed by atoms with Crippen molar-refractivity contribution in [1.82, 2.24) is 5.32 Å². The van der Waals surface area contributed by atoms with Crippen molar-refractivity contribution in [2.24, 2.45) is 4.99 Å². The van der Waals surface area contributed by atoms with Gasteiger partial charge in [0.1, 0.15) is 12.4 Å². The monoisotopic (exact) mass is 560 g/mol. The van der Waals surface area contributed by atoms with E-state index >= 15 is 0 Å². The first kappa shape index (κ1) is 23.6. The zero-order valence-electron chi connectivity index (χ0n) is 16.8. The van der Waals surface area contributed by atoms with E-state index in [1.165, 1.54) is 0 Å². The number of hydrogen-bond acceptors (Lipinski definition) is 4. The predicted molar refractivity (Wildman–Crippen MR) is 137 cm³/mol. The van der Waals surface area contributed by atoms with E-state index in [1.807, 2.05) is 24.3 Å². The lowest BCUT2D eigenvalue weighted by Gasteiger charge is -2.10. The van der Waals surface area contributed by atoms with Crippen LogP contribution in [0, 0.1) is 0 Å². The van der Waals surface area contributed by atoms with Gasteiger partial charge in [-0.3, -0.25) is 9.59 Å². The highest BCUT2D eigenvalue weighted by molar-refractivity contribution is 9.10. The number of carbonyl (C=O) groups excluding carboxylic acids is 2. The van der Waals surface area contributed by atoms with E-state index in [2.05, 4.69) is 26.2 Å². The molecule has 2 amide bonds. The van der Waals surface area contributed by atoms with Crippen molar-refractivity contribution < 1.29 is 14.3 Å². The molecule has 33 heavy (non-hydrogen) atoms. The lowest BCUT2D eigenvalue weighted by atomic mass is 10.2. The summed E-state index contributed by atoms with van der Waals surface area (Å²) in [6.07, 6.45) is 1.72. The van der Waals surface area contributed by atoms with Crippen molar-refractivity contribution in [1.29, 1.82) is 0 Å². The summed E-state index contributed by atoms with van der Waals surface area (Å²) in [6, 6.07) is 19.4. The Balaban J connectivity index is 1.44. The Morgan fingerprint density at radius 1 is 1.09 bits per heavy atom. The third kappa shape index (κ3) is 6.06. The van der Waals surface area contributed by atoms with E-state index in [-0.39, 0.29) is 17.7 Å². The molecule has 5 nitrogen and oxygen atoms in total. The van der Waals surface area contributed by atoms with Gasteiger partial charge >= 0.3 is 0 Å². The van der Waals surface area contributed by atoms with Crippen molar-refractivity contribution in [3.63, 3.8) is 0 Å². The molecule has 0 atom stereocenters. The van der Waals surface area contributed by atoms with Crippen LogP contribution in [0.15, 0.2) is 81.1 Å². The van der Waals surface area contributed by atoms with E-state index in [4.69, 9.17) is 27.9 Å². The number of nitrogens with zero attached hydrogens (tertiary/aromatic N) is 1. The zero-order chi connectivity index (χ0) is 23.4. The fraction of sp³-hybridized carbons (Fsp3) is 0.0417. The summed E-state index contributed by atoms with van der Waals surface area (Å²) in [6.45, 7) is 0.280. The van der Waals surface area contributed by atoms with Crippen LogP contribution < -0.4 is 10.1 Å². The lowest BCUT2D eigenvalue weighted by Crippen LogP contribution is -2.20. The maximum Gasteiger partial charge on any atom is 0.279 e. The molecule has 3 aromatic carbocycles. The lowest BCUT2D eigenvalue weighted by molar-refractivity contribution is -0.115. The highest BCUT2D eigenvalue weighted by atomic mass is 79.9. The summed E-state index contributed by atoms with van der Waals surface area (Å²) in [5.41, 5.74) is 2.05.